The zero-order valence-electron chi connectivity index (χ0n) is 8.58. The summed E-state index contributed by atoms with van der Waals surface area (Å²) in [7, 11) is 1.37. The van der Waals surface area contributed by atoms with Gasteiger partial charge in [0.25, 0.3) is 0 Å². The zero-order valence-corrected chi connectivity index (χ0v) is 8.58. The Hall–Kier alpha value is -2.04. The van der Waals surface area contributed by atoms with Crippen LogP contribution in [0.3, 0.4) is 0 Å². The smallest absolute Gasteiger partial charge is 0.307 e. The lowest BCUT2D eigenvalue weighted by Crippen LogP contribution is -1.98. The van der Waals surface area contributed by atoms with Crippen molar-refractivity contribution in [2.24, 2.45) is 0 Å². The van der Waals surface area contributed by atoms with E-state index in [2.05, 4.69) is 4.98 Å². The molecule has 0 radical (unpaired) electrons. The first-order valence-corrected chi connectivity index (χ1v) is 4.67. The van der Waals surface area contributed by atoms with Gasteiger partial charge in [-0.1, -0.05) is 0 Å². The molecule has 0 aliphatic carbocycles. The Balaban J connectivity index is 2.61. The van der Waals surface area contributed by atoms with Crippen LogP contribution in [0.25, 0.3) is 10.9 Å². The molecule has 0 saturated heterocycles. The molecule has 0 aliphatic heterocycles. The van der Waals surface area contributed by atoms with E-state index in [0.29, 0.717) is 16.5 Å². The van der Waals surface area contributed by atoms with Gasteiger partial charge in [0, 0.05) is 11.6 Å². The number of hydrogen-bond acceptors (Lipinski definition) is 2. The quantitative estimate of drug-likeness (QED) is 0.835. The summed E-state index contributed by atoms with van der Waals surface area (Å²) >= 11 is 0. The molecule has 1 aromatic carbocycles. The normalized spacial score (nSPS) is 10.6. The minimum Gasteiger partial charge on any atom is -0.492 e. The number of methoxy groups -OCH3 is 1. The third-order valence-electron chi connectivity index (χ3n) is 2.39. The average molecular weight is 223 g/mol. The van der Waals surface area contributed by atoms with Gasteiger partial charge in [0.2, 0.25) is 0 Å². The fourth-order valence-electron chi connectivity index (χ4n) is 1.71. The molecule has 0 bridgehead atoms. The molecule has 5 heteroatoms. The number of aliphatic carboxylic acids is 1. The molecule has 0 fully saturated rings. The van der Waals surface area contributed by atoms with Crippen molar-refractivity contribution in [1.82, 2.24) is 4.98 Å². The van der Waals surface area contributed by atoms with Gasteiger partial charge in [0.05, 0.1) is 19.0 Å². The molecule has 84 valence electrons. The summed E-state index contributed by atoms with van der Waals surface area (Å²) in [5.74, 6) is -1.29. The van der Waals surface area contributed by atoms with E-state index in [-0.39, 0.29) is 12.2 Å². The third-order valence-corrected chi connectivity index (χ3v) is 2.39. The molecule has 0 aliphatic rings. The fourth-order valence-corrected chi connectivity index (χ4v) is 1.71. The van der Waals surface area contributed by atoms with Crippen LogP contribution >= 0.6 is 0 Å². The minimum absolute atomic E-state index is 0.102. The number of rotatable bonds is 3. The topological polar surface area (TPSA) is 62.3 Å². The molecule has 0 unspecified atom stereocenters. The molecular weight excluding hydrogens is 213 g/mol. The largest absolute Gasteiger partial charge is 0.492 e. The maximum absolute atomic E-state index is 13.3. The molecule has 0 saturated carbocycles. The standard InChI is InChI=1S/C11H10FNO3/c1-16-11-8(12)3-2-7-6(4-9(14)15)5-13-10(7)11/h2-3,5,13H,4H2,1H3,(H,14,15). The second-order valence-corrected chi connectivity index (χ2v) is 3.39. The Kier molecular flexibility index (Phi) is 2.52. The van der Waals surface area contributed by atoms with Crippen LogP contribution in [0.15, 0.2) is 18.3 Å². The lowest BCUT2D eigenvalue weighted by Gasteiger charge is -2.03. The Labute approximate surface area is 90.7 Å². The molecule has 2 rings (SSSR count). The van der Waals surface area contributed by atoms with Crippen LogP contribution in [0.5, 0.6) is 5.75 Å². The lowest BCUT2D eigenvalue weighted by molar-refractivity contribution is -0.136. The number of benzene rings is 1. The Bertz CT molecular complexity index is 547. The van der Waals surface area contributed by atoms with E-state index < -0.39 is 11.8 Å². The number of ether oxygens (including phenoxy) is 1. The van der Waals surface area contributed by atoms with E-state index in [0.717, 1.165) is 0 Å². The number of nitrogens with one attached hydrogen (secondary N) is 1. The summed E-state index contributed by atoms with van der Waals surface area (Å²) < 4.78 is 18.3. The minimum atomic E-state index is -0.927. The van der Waals surface area contributed by atoms with E-state index in [1.165, 1.54) is 13.2 Å². The number of aromatic nitrogens is 1. The van der Waals surface area contributed by atoms with Crippen molar-refractivity contribution in [3.8, 4) is 5.75 Å². The van der Waals surface area contributed by atoms with Crippen LogP contribution in [0.4, 0.5) is 4.39 Å². The average Bonchev–Trinajstić information content (AvgIpc) is 2.60. The van der Waals surface area contributed by atoms with Crippen LogP contribution in [0.2, 0.25) is 0 Å². The predicted octanol–water partition coefficient (Wildman–Crippen LogP) is 1.94. The van der Waals surface area contributed by atoms with Crippen LogP contribution in [-0.4, -0.2) is 23.2 Å². The first kappa shape index (κ1) is 10.5. The van der Waals surface area contributed by atoms with Crippen molar-refractivity contribution in [1.29, 1.82) is 0 Å². The highest BCUT2D eigenvalue weighted by Crippen LogP contribution is 2.29. The molecule has 2 N–H and O–H groups in total. The molecule has 16 heavy (non-hydrogen) atoms. The first-order chi connectivity index (χ1) is 7.63. The van der Waals surface area contributed by atoms with Crippen LogP contribution < -0.4 is 4.74 Å². The maximum atomic E-state index is 13.3. The zero-order chi connectivity index (χ0) is 11.7. The molecule has 0 atom stereocenters. The second kappa shape index (κ2) is 3.84. The lowest BCUT2D eigenvalue weighted by atomic mass is 10.1. The summed E-state index contributed by atoms with van der Waals surface area (Å²) in [6.07, 6.45) is 1.45. The van der Waals surface area contributed by atoms with Gasteiger partial charge in [-0.2, -0.15) is 0 Å². The number of halogens is 1. The molecule has 2 aromatic rings. The molecule has 1 aromatic heterocycles. The Morgan fingerprint density at radius 1 is 1.56 bits per heavy atom. The Morgan fingerprint density at radius 2 is 2.31 bits per heavy atom. The summed E-state index contributed by atoms with van der Waals surface area (Å²) in [4.78, 5) is 13.4. The number of carboxylic acid groups (broad SMARTS) is 1. The SMILES string of the molecule is COc1c(F)ccc2c(CC(=O)O)c[nH]c12. The highest BCUT2D eigenvalue weighted by molar-refractivity contribution is 5.91. The third kappa shape index (κ3) is 1.60. The van der Waals surface area contributed by atoms with Crippen LogP contribution in [0, 0.1) is 5.82 Å². The van der Waals surface area contributed by atoms with Crippen LogP contribution in [0.1, 0.15) is 5.56 Å². The van der Waals surface area contributed by atoms with E-state index >= 15 is 0 Å². The van der Waals surface area contributed by atoms with Gasteiger partial charge in [-0.15, -0.1) is 0 Å². The summed E-state index contributed by atoms with van der Waals surface area (Å²) in [6, 6.07) is 2.81. The van der Waals surface area contributed by atoms with E-state index in [9.17, 15) is 9.18 Å². The van der Waals surface area contributed by atoms with Crippen molar-refractivity contribution >= 4 is 16.9 Å². The number of fused-ring (bicyclic) bond motifs is 1. The van der Waals surface area contributed by atoms with Gasteiger partial charge in [0.1, 0.15) is 0 Å². The Morgan fingerprint density at radius 3 is 2.94 bits per heavy atom. The summed E-state index contributed by atoms with van der Waals surface area (Å²) in [5, 5.41) is 9.37. The van der Waals surface area contributed by atoms with E-state index in [1.807, 2.05) is 0 Å². The monoisotopic (exact) mass is 223 g/mol. The van der Waals surface area contributed by atoms with Crippen molar-refractivity contribution in [3.63, 3.8) is 0 Å². The molecule has 0 spiro atoms. The van der Waals surface area contributed by atoms with Crippen molar-refractivity contribution in [2.75, 3.05) is 7.11 Å². The van der Waals surface area contributed by atoms with Crippen molar-refractivity contribution < 1.29 is 19.0 Å². The summed E-state index contributed by atoms with van der Waals surface area (Å²) in [5.41, 5.74) is 1.10. The number of carboxylic acids is 1. The second-order valence-electron chi connectivity index (χ2n) is 3.39. The van der Waals surface area contributed by atoms with Gasteiger partial charge in [-0.05, 0) is 17.7 Å². The highest BCUT2D eigenvalue weighted by Gasteiger charge is 2.13. The predicted molar refractivity (Wildman–Crippen MR) is 56.1 cm³/mol. The molecule has 0 amide bonds. The van der Waals surface area contributed by atoms with Crippen molar-refractivity contribution in [2.45, 2.75) is 6.42 Å². The molecular formula is C11H10FNO3. The van der Waals surface area contributed by atoms with Gasteiger partial charge >= 0.3 is 5.97 Å². The van der Waals surface area contributed by atoms with Gasteiger partial charge < -0.3 is 14.8 Å². The number of H-pyrrole nitrogens is 1. The number of hydrogen-bond donors (Lipinski definition) is 2. The molecule has 1 heterocycles. The van der Waals surface area contributed by atoms with Gasteiger partial charge in [-0.3, -0.25) is 4.79 Å². The van der Waals surface area contributed by atoms with E-state index in [4.69, 9.17) is 9.84 Å². The van der Waals surface area contributed by atoms with Gasteiger partial charge in [-0.25, -0.2) is 4.39 Å². The summed E-state index contributed by atoms with van der Waals surface area (Å²) in [6.45, 7) is 0. The highest BCUT2D eigenvalue weighted by atomic mass is 19.1. The van der Waals surface area contributed by atoms with Crippen LogP contribution in [-0.2, 0) is 11.2 Å². The number of aromatic amines is 1. The molecule has 4 nitrogen and oxygen atoms in total. The van der Waals surface area contributed by atoms with Gasteiger partial charge in [0.15, 0.2) is 11.6 Å². The fraction of sp³-hybridized carbons (Fsp3) is 0.182. The number of carbonyl (C=O) groups is 1. The van der Waals surface area contributed by atoms with Crippen molar-refractivity contribution in [3.05, 3.63) is 29.7 Å². The first-order valence-electron chi connectivity index (χ1n) is 4.67. The maximum Gasteiger partial charge on any atom is 0.307 e. The van der Waals surface area contributed by atoms with E-state index in [1.54, 1.807) is 12.3 Å².